The van der Waals surface area contributed by atoms with Crippen LogP contribution in [0.15, 0.2) is 60.7 Å². The fourth-order valence-corrected chi connectivity index (χ4v) is 2.39. The van der Waals surface area contributed by atoms with Crippen molar-refractivity contribution in [1.82, 2.24) is 10.6 Å². The average molecular weight is 326 g/mol. The summed E-state index contributed by atoms with van der Waals surface area (Å²) >= 11 is 0. The summed E-state index contributed by atoms with van der Waals surface area (Å²) in [6.45, 7) is 1.90. The molecule has 0 aromatic heterocycles. The van der Waals surface area contributed by atoms with Crippen LogP contribution in [0, 0.1) is 0 Å². The van der Waals surface area contributed by atoms with Gasteiger partial charge >= 0.3 is 11.8 Å². The molecule has 2 rings (SSSR count). The summed E-state index contributed by atoms with van der Waals surface area (Å²) in [5, 5.41) is 14.2. The highest BCUT2D eigenvalue weighted by molar-refractivity contribution is 6.35. The van der Waals surface area contributed by atoms with E-state index in [4.69, 9.17) is 5.11 Å². The molecule has 0 radical (unpaired) electrons. The number of aliphatic hydroxyl groups excluding tert-OH is 1. The summed E-state index contributed by atoms with van der Waals surface area (Å²) in [5.41, 5.74) is 2.13. The van der Waals surface area contributed by atoms with Crippen LogP contribution in [0.4, 0.5) is 0 Å². The highest BCUT2D eigenvalue weighted by Gasteiger charge is 2.18. The predicted molar refractivity (Wildman–Crippen MR) is 92.4 cm³/mol. The summed E-state index contributed by atoms with van der Waals surface area (Å²) in [4.78, 5) is 23.6. The lowest BCUT2D eigenvalue weighted by Crippen LogP contribution is -2.43. The summed E-state index contributed by atoms with van der Waals surface area (Å²) < 4.78 is 0. The smallest absolute Gasteiger partial charge is 0.309 e. The van der Waals surface area contributed by atoms with Gasteiger partial charge in [-0.25, -0.2) is 0 Å². The molecule has 0 aliphatic rings. The summed E-state index contributed by atoms with van der Waals surface area (Å²) in [6.07, 6.45) is -0.692. The average Bonchev–Trinajstić information content (AvgIpc) is 2.61. The maximum Gasteiger partial charge on any atom is 0.309 e. The number of benzene rings is 2. The van der Waals surface area contributed by atoms with Gasteiger partial charge in [0.15, 0.2) is 0 Å². The number of hydrogen-bond donors (Lipinski definition) is 3. The molecule has 2 aromatic carbocycles. The first kappa shape index (κ1) is 17.7. The van der Waals surface area contributed by atoms with E-state index in [1.54, 1.807) is 6.92 Å². The van der Waals surface area contributed by atoms with Gasteiger partial charge in [-0.15, -0.1) is 0 Å². The number of hydrogen-bond acceptors (Lipinski definition) is 3. The van der Waals surface area contributed by atoms with E-state index in [0.717, 1.165) is 11.1 Å². The Morgan fingerprint density at radius 3 is 1.67 bits per heavy atom. The molecule has 0 aliphatic carbocycles. The van der Waals surface area contributed by atoms with Crippen LogP contribution >= 0.6 is 0 Å². The van der Waals surface area contributed by atoms with Crippen molar-refractivity contribution in [3.63, 3.8) is 0 Å². The van der Waals surface area contributed by atoms with E-state index in [2.05, 4.69) is 10.6 Å². The number of rotatable bonds is 6. The lowest BCUT2D eigenvalue weighted by atomic mass is 9.91. The van der Waals surface area contributed by atoms with Crippen molar-refractivity contribution in [2.75, 3.05) is 13.1 Å². The Labute approximate surface area is 141 Å². The molecule has 0 bridgehead atoms. The minimum atomic E-state index is -0.740. The Morgan fingerprint density at radius 2 is 1.25 bits per heavy atom. The fraction of sp³-hybridized carbons (Fsp3) is 0.263. The normalized spacial score (nSPS) is 11.8. The zero-order valence-electron chi connectivity index (χ0n) is 13.6. The van der Waals surface area contributed by atoms with Crippen molar-refractivity contribution >= 4 is 11.8 Å². The summed E-state index contributed by atoms with van der Waals surface area (Å²) in [6, 6.07) is 19.7. The van der Waals surface area contributed by atoms with Gasteiger partial charge in [0.2, 0.25) is 0 Å². The maximum atomic E-state index is 11.9. The summed E-state index contributed by atoms with van der Waals surface area (Å²) in [7, 11) is 0. The van der Waals surface area contributed by atoms with Crippen molar-refractivity contribution in [3.05, 3.63) is 71.8 Å². The lowest BCUT2D eigenvalue weighted by molar-refractivity contribution is -0.139. The van der Waals surface area contributed by atoms with Gasteiger partial charge in [0, 0.05) is 19.0 Å². The molecular formula is C19H22N2O3. The van der Waals surface area contributed by atoms with Gasteiger partial charge < -0.3 is 15.7 Å². The van der Waals surface area contributed by atoms with Crippen LogP contribution in [0.25, 0.3) is 0 Å². The molecule has 0 aliphatic heterocycles. The van der Waals surface area contributed by atoms with Crippen LogP contribution in [0.5, 0.6) is 0 Å². The SMILES string of the molecule is C[C@@H](O)CNC(=O)C(=O)NCC(c1ccccc1)c1ccccc1. The molecule has 3 N–H and O–H groups in total. The number of amides is 2. The molecule has 0 fully saturated rings. The van der Waals surface area contributed by atoms with Crippen molar-refractivity contribution in [2.45, 2.75) is 18.9 Å². The summed E-state index contributed by atoms with van der Waals surface area (Å²) in [5.74, 6) is -1.48. The van der Waals surface area contributed by atoms with E-state index in [-0.39, 0.29) is 12.5 Å². The van der Waals surface area contributed by atoms with Crippen LogP contribution in [-0.4, -0.2) is 36.1 Å². The molecule has 5 nitrogen and oxygen atoms in total. The minimum absolute atomic E-state index is 0.0408. The standard InChI is InChI=1S/C19H22N2O3/c1-14(22)12-20-18(23)19(24)21-13-17(15-8-4-2-5-9-15)16-10-6-3-7-11-16/h2-11,14,17,22H,12-13H2,1H3,(H,20,23)(H,21,24)/t14-/m1/s1. The zero-order valence-corrected chi connectivity index (χ0v) is 13.6. The minimum Gasteiger partial charge on any atom is -0.392 e. The Balaban J connectivity index is 2.04. The Morgan fingerprint density at radius 1 is 0.833 bits per heavy atom. The monoisotopic (exact) mass is 326 g/mol. The van der Waals surface area contributed by atoms with Crippen LogP contribution in [0.2, 0.25) is 0 Å². The highest BCUT2D eigenvalue weighted by Crippen LogP contribution is 2.23. The number of nitrogens with one attached hydrogen (secondary N) is 2. The molecule has 24 heavy (non-hydrogen) atoms. The second-order valence-corrected chi connectivity index (χ2v) is 5.64. The molecule has 0 saturated carbocycles. The molecule has 0 spiro atoms. The molecule has 0 heterocycles. The van der Waals surface area contributed by atoms with Gasteiger partial charge in [-0.3, -0.25) is 9.59 Å². The van der Waals surface area contributed by atoms with Crippen molar-refractivity contribution in [3.8, 4) is 0 Å². The Kier molecular flexibility index (Phi) is 6.51. The molecular weight excluding hydrogens is 304 g/mol. The van der Waals surface area contributed by atoms with E-state index in [1.807, 2.05) is 60.7 Å². The van der Waals surface area contributed by atoms with Gasteiger partial charge in [-0.05, 0) is 18.1 Å². The van der Waals surface area contributed by atoms with Crippen molar-refractivity contribution < 1.29 is 14.7 Å². The van der Waals surface area contributed by atoms with Gasteiger partial charge in [0.25, 0.3) is 0 Å². The Hall–Kier alpha value is -2.66. The molecule has 1 atom stereocenters. The maximum absolute atomic E-state index is 11.9. The van der Waals surface area contributed by atoms with Crippen LogP contribution in [0.1, 0.15) is 24.0 Å². The van der Waals surface area contributed by atoms with E-state index < -0.39 is 17.9 Å². The third kappa shape index (κ3) is 5.21. The van der Waals surface area contributed by atoms with E-state index in [0.29, 0.717) is 6.54 Å². The van der Waals surface area contributed by atoms with Gasteiger partial charge in [-0.1, -0.05) is 60.7 Å². The molecule has 0 saturated heterocycles. The number of carbonyl (C=O) groups is 2. The van der Waals surface area contributed by atoms with Crippen LogP contribution in [-0.2, 0) is 9.59 Å². The van der Waals surface area contributed by atoms with Gasteiger partial charge in [-0.2, -0.15) is 0 Å². The number of aliphatic hydroxyl groups is 1. The highest BCUT2D eigenvalue weighted by atomic mass is 16.3. The largest absolute Gasteiger partial charge is 0.392 e. The quantitative estimate of drug-likeness (QED) is 0.703. The molecule has 0 unspecified atom stereocenters. The fourth-order valence-electron chi connectivity index (χ4n) is 2.39. The van der Waals surface area contributed by atoms with Crippen LogP contribution in [0.3, 0.4) is 0 Å². The van der Waals surface area contributed by atoms with E-state index in [9.17, 15) is 9.59 Å². The third-order valence-corrected chi connectivity index (χ3v) is 3.63. The first-order chi connectivity index (χ1) is 11.6. The number of carbonyl (C=O) groups excluding carboxylic acids is 2. The van der Waals surface area contributed by atoms with E-state index >= 15 is 0 Å². The molecule has 5 heteroatoms. The predicted octanol–water partition coefficient (Wildman–Crippen LogP) is 1.43. The topological polar surface area (TPSA) is 78.4 Å². The van der Waals surface area contributed by atoms with Crippen molar-refractivity contribution in [2.24, 2.45) is 0 Å². The van der Waals surface area contributed by atoms with Crippen molar-refractivity contribution in [1.29, 1.82) is 0 Å². The molecule has 126 valence electrons. The zero-order chi connectivity index (χ0) is 17.4. The van der Waals surface area contributed by atoms with Gasteiger partial charge in [0.05, 0.1) is 6.10 Å². The van der Waals surface area contributed by atoms with Crippen LogP contribution < -0.4 is 10.6 Å². The lowest BCUT2D eigenvalue weighted by Gasteiger charge is -2.18. The first-order valence-electron chi connectivity index (χ1n) is 7.92. The third-order valence-electron chi connectivity index (χ3n) is 3.63. The molecule has 2 aromatic rings. The second-order valence-electron chi connectivity index (χ2n) is 5.64. The second kappa shape index (κ2) is 8.84. The van der Waals surface area contributed by atoms with Gasteiger partial charge in [0.1, 0.15) is 0 Å². The van der Waals surface area contributed by atoms with E-state index in [1.165, 1.54) is 0 Å². The molecule has 2 amide bonds. The Bertz CT molecular complexity index is 617. The first-order valence-corrected chi connectivity index (χ1v) is 7.92.